The lowest BCUT2D eigenvalue weighted by molar-refractivity contribution is 1.26. The summed E-state index contributed by atoms with van der Waals surface area (Å²) >= 11 is 0. The van der Waals surface area contributed by atoms with E-state index in [1.165, 1.54) is 6.34 Å². The number of aliphatic imine (C=N–C) groups is 1. The van der Waals surface area contributed by atoms with Crippen LogP contribution >= 0.6 is 0 Å². The molecule has 0 unspecified atom stereocenters. The second kappa shape index (κ2) is 2.23. The van der Waals surface area contributed by atoms with Crippen LogP contribution in [-0.2, 0) is 0 Å². The van der Waals surface area contributed by atoms with Gasteiger partial charge in [0.1, 0.15) is 6.34 Å². The van der Waals surface area contributed by atoms with Crippen molar-refractivity contribution >= 4 is 18.8 Å². The molecule has 0 aliphatic carbocycles. The predicted octanol–water partition coefficient (Wildman–Crippen LogP) is 0.475. The van der Waals surface area contributed by atoms with Gasteiger partial charge in [0.05, 0.1) is 0 Å². The lowest BCUT2D eigenvalue weighted by atomic mass is 10.5. The molecule has 0 saturated carbocycles. The van der Waals surface area contributed by atoms with Crippen LogP contribution in [0.3, 0.4) is 0 Å². The van der Waals surface area contributed by atoms with Crippen LogP contribution in [0.5, 0.6) is 0 Å². The third-order valence-corrected chi connectivity index (χ3v) is 0.583. The summed E-state index contributed by atoms with van der Waals surface area (Å²) in [6.07, 6.45) is 5.66. The van der Waals surface area contributed by atoms with Gasteiger partial charge >= 0.3 is 0 Å². The van der Waals surface area contributed by atoms with Crippen molar-refractivity contribution < 1.29 is 0 Å². The molecule has 0 spiro atoms. The zero-order valence-corrected chi connectivity index (χ0v) is 3.78. The molecular formula is C4H5N3. The van der Waals surface area contributed by atoms with Gasteiger partial charge in [-0.25, -0.2) is 4.99 Å². The van der Waals surface area contributed by atoms with Gasteiger partial charge in [0.25, 0.3) is 0 Å². The smallest absolute Gasteiger partial charge is 0.137 e. The van der Waals surface area contributed by atoms with E-state index in [9.17, 15) is 0 Å². The van der Waals surface area contributed by atoms with Gasteiger partial charge in [-0.3, -0.25) is 0 Å². The Morgan fingerprint density at radius 1 is 1.14 bits per heavy atom. The highest BCUT2D eigenvalue weighted by Gasteiger charge is 1.73. The molecule has 1 aliphatic rings. The summed E-state index contributed by atoms with van der Waals surface area (Å²) in [5.74, 6) is 0. The summed E-state index contributed by atoms with van der Waals surface area (Å²) < 4.78 is 0. The zero-order valence-electron chi connectivity index (χ0n) is 3.78. The van der Waals surface area contributed by atoms with Crippen LogP contribution in [0.15, 0.2) is 15.2 Å². The highest BCUT2D eigenvalue weighted by molar-refractivity contribution is 5.85. The summed E-state index contributed by atoms with van der Waals surface area (Å²) in [6.45, 7) is 0. The van der Waals surface area contributed by atoms with Crippen molar-refractivity contribution in [2.24, 2.45) is 15.2 Å². The SMILES string of the molecule is C1=NC=NN=CC1. The van der Waals surface area contributed by atoms with Gasteiger partial charge < -0.3 is 0 Å². The molecule has 0 bridgehead atoms. The Morgan fingerprint density at radius 3 is 3.14 bits per heavy atom. The average molecular weight is 95.1 g/mol. The molecule has 0 amide bonds. The molecule has 0 aromatic heterocycles. The molecule has 0 radical (unpaired) electrons. The van der Waals surface area contributed by atoms with E-state index in [1.54, 1.807) is 12.4 Å². The lowest BCUT2D eigenvalue weighted by Gasteiger charge is -1.66. The van der Waals surface area contributed by atoms with Gasteiger partial charge in [-0.05, 0) is 0 Å². The Labute approximate surface area is 41.5 Å². The first-order valence-electron chi connectivity index (χ1n) is 2.05. The van der Waals surface area contributed by atoms with E-state index in [-0.39, 0.29) is 0 Å². The van der Waals surface area contributed by atoms with Gasteiger partial charge in [-0.1, -0.05) is 0 Å². The first-order chi connectivity index (χ1) is 3.50. The van der Waals surface area contributed by atoms with Crippen LogP contribution in [0.25, 0.3) is 0 Å². The van der Waals surface area contributed by atoms with Crippen LogP contribution < -0.4 is 0 Å². The summed E-state index contributed by atoms with van der Waals surface area (Å²) in [6, 6.07) is 0. The standard InChI is InChI=1S/C4H5N3/c1-2-5-4-7-6-3-1/h2-4H,1H2. The molecule has 0 N–H and O–H groups in total. The van der Waals surface area contributed by atoms with Crippen LogP contribution in [0.4, 0.5) is 0 Å². The molecule has 7 heavy (non-hydrogen) atoms. The molecule has 3 heteroatoms. The van der Waals surface area contributed by atoms with Gasteiger partial charge in [0, 0.05) is 18.9 Å². The fourth-order valence-corrected chi connectivity index (χ4v) is 0.309. The minimum atomic E-state index is 0.792. The molecule has 0 fully saturated rings. The van der Waals surface area contributed by atoms with E-state index in [2.05, 4.69) is 15.2 Å². The monoisotopic (exact) mass is 95.0 g/mol. The molecule has 0 aromatic rings. The lowest BCUT2D eigenvalue weighted by Crippen LogP contribution is -1.71. The average Bonchev–Trinajstić information content (AvgIpc) is 1.90. The molecule has 0 saturated heterocycles. The number of rotatable bonds is 0. The third kappa shape index (κ3) is 1.26. The number of nitrogens with zero attached hydrogens (tertiary/aromatic N) is 3. The Morgan fingerprint density at radius 2 is 2.14 bits per heavy atom. The number of hydrogen-bond acceptors (Lipinski definition) is 3. The minimum absolute atomic E-state index is 0.792. The largest absolute Gasteiger partial charge is 0.247 e. The second-order valence-corrected chi connectivity index (χ2v) is 1.10. The van der Waals surface area contributed by atoms with E-state index < -0.39 is 0 Å². The van der Waals surface area contributed by atoms with Crippen molar-refractivity contribution in [3.63, 3.8) is 0 Å². The molecule has 1 heterocycles. The van der Waals surface area contributed by atoms with Crippen molar-refractivity contribution in [2.45, 2.75) is 6.42 Å². The van der Waals surface area contributed by atoms with E-state index in [0.717, 1.165) is 6.42 Å². The third-order valence-electron chi connectivity index (χ3n) is 0.583. The van der Waals surface area contributed by atoms with E-state index in [4.69, 9.17) is 0 Å². The van der Waals surface area contributed by atoms with E-state index in [0.29, 0.717) is 0 Å². The Kier molecular flexibility index (Phi) is 1.33. The Hall–Kier alpha value is -0.990. The maximum absolute atomic E-state index is 3.73. The molecular weight excluding hydrogens is 90.1 g/mol. The molecule has 0 atom stereocenters. The summed E-state index contributed by atoms with van der Waals surface area (Å²) in [7, 11) is 0. The highest BCUT2D eigenvalue weighted by Crippen LogP contribution is 1.76. The van der Waals surface area contributed by atoms with Crippen LogP contribution in [0.2, 0.25) is 0 Å². The summed E-state index contributed by atoms with van der Waals surface area (Å²) in [4.78, 5) is 3.73. The first kappa shape index (κ1) is 4.18. The maximum Gasteiger partial charge on any atom is 0.137 e. The van der Waals surface area contributed by atoms with Crippen molar-refractivity contribution in [1.82, 2.24) is 0 Å². The van der Waals surface area contributed by atoms with E-state index >= 15 is 0 Å². The normalized spacial score (nSPS) is 17.1. The van der Waals surface area contributed by atoms with Gasteiger partial charge in [-0.2, -0.15) is 5.10 Å². The Bertz CT molecular complexity index is 109. The molecule has 36 valence electrons. The van der Waals surface area contributed by atoms with Gasteiger partial charge in [0.15, 0.2) is 0 Å². The summed E-state index contributed by atoms with van der Waals surface area (Å²) in [5.41, 5.74) is 0. The van der Waals surface area contributed by atoms with Crippen LogP contribution in [-0.4, -0.2) is 18.8 Å². The molecule has 1 rings (SSSR count). The van der Waals surface area contributed by atoms with Crippen molar-refractivity contribution in [3.05, 3.63) is 0 Å². The molecule has 0 aromatic carbocycles. The first-order valence-corrected chi connectivity index (χ1v) is 2.05. The predicted molar refractivity (Wildman–Crippen MR) is 30.1 cm³/mol. The van der Waals surface area contributed by atoms with Crippen LogP contribution in [0.1, 0.15) is 6.42 Å². The molecule has 3 nitrogen and oxygen atoms in total. The topological polar surface area (TPSA) is 37.1 Å². The summed E-state index contributed by atoms with van der Waals surface area (Å²) in [5, 5.41) is 7.11. The molecule has 1 aliphatic heterocycles. The fourth-order valence-electron chi connectivity index (χ4n) is 0.309. The zero-order chi connectivity index (χ0) is 4.95. The maximum atomic E-state index is 3.73. The van der Waals surface area contributed by atoms with Crippen LogP contribution in [0, 0.1) is 0 Å². The second-order valence-electron chi connectivity index (χ2n) is 1.10. The highest BCUT2D eigenvalue weighted by atomic mass is 15.2. The minimum Gasteiger partial charge on any atom is -0.247 e. The van der Waals surface area contributed by atoms with Crippen molar-refractivity contribution in [1.29, 1.82) is 0 Å². The van der Waals surface area contributed by atoms with Crippen molar-refractivity contribution in [2.75, 3.05) is 0 Å². The number of hydrogen-bond donors (Lipinski definition) is 0. The van der Waals surface area contributed by atoms with E-state index in [1.807, 2.05) is 0 Å². The van der Waals surface area contributed by atoms with Gasteiger partial charge in [-0.15, -0.1) is 5.10 Å². The quantitative estimate of drug-likeness (QED) is 0.419. The fraction of sp³-hybridized carbons (Fsp3) is 0.250. The Balaban J connectivity index is 2.60. The van der Waals surface area contributed by atoms with Crippen molar-refractivity contribution in [3.8, 4) is 0 Å². The van der Waals surface area contributed by atoms with Gasteiger partial charge in [0.2, 0.25) is 0 Å².